The van der Waals surface area contributed by atoms with Crippen molar-refractivity contribution < 1.29 is 14.1 Å². The van der Waals surface area contributed by atoms with Crippen molar-refractivity contribution in [2.24, 2.45) is 0 Å². The summed E-state index contributed by atoms with van der Waals surface area (Å²) in [5.41, 5.74) is 0.968. The van der Waals surface area contributed by atoms with Gasteiger partial charge in [0.1, 0.15) is 6.26 Å². The van der Waals surface area contributed by atoms with E-state index in [2.05, 4.69) is 15.0 Å². The maximum Gasteiger partial charge on any atom is 0.245 e. The molecule has 6 heteroatoms. The quantitative estimate of drug-likeness (QED) is 0.852. The van der Waals surface area contributed by atoms with Gasteiger partial charge in [0.2, 0.25) is 11.8 Å². The average Bonchev–Trinajstić information content (AvgIpc) is 3.07. The van der Waals surface area contributed by atoms with E-state index in [0.29, 0.717) is 18.8 Å². The van der Waals surface area contributed by atoms with Gasteiger partial charge in [-0.2, -0.15) is 0 Å². The van der Waals surface area contributed by atoms with Gasteiger partial charge in [0.05, 0.1) is 12.5 Å². The zero-order valence-electron chi connectivity index (χ0n) is 13.4. The third-order valence-electron chi connectivity index (χ3n) is 3.64. The monoisotopic (exact) mass is 315 g/mol. The lowest BCUT2D eigenvalue weighted by Crippen LogP contribution is -2.40. The molecule has 23 heavy (non-hydrogen) atoms. The number of anilines is 1. The van der Waals surface area contributed by atoms with Gasteiger partial charge in [0.15, 0.2) is 5.82 Å². The van der Waals surface area contributed by atoms with Crippen LogP contribution in [0.15, 0.2) is 47.2 Å². The van der Waals surface area contributed by atoms with E-state index in [-0.39, 0.29) is 24.3 Å². The van der Waals surface area contributed by atoms with Crippen molar-refractivity contribution in [2.75, 3.05) is 18.4 Å². The van der Waals surface area contributed by atoms with Crippen LogP contribution in [0.3, 0.4) is 0 Å². The van der Waals surface area contributed by atoms with Crippen molar-refractivity contribution in [3.05, 3.63) is 48.2 Å². The maximum atomic E-state index is 12.8. The summed E-state index contributed by atoms with van der Waals surface area (Å²) in [5, 5.41) is 6.22. The molecule has 1 unspecified atom stereocenters. The van der Waals surface area contributed by atoms with Gasteiger partial charge in [0.25, 0.3) is 0 Å². The number of carbonyl (C=O) groups excluding carboxylic acids is 2. The molecule has 0 saturated heterocycles. The van der Waals surface area contributed by atoms with Gasteiger partial charge >= 0.3 is 0 Å². The number of hydrogen-bond donors (Lipinski definition) is 1. The fourth-order valence-corrected chi connectivity index (χ4v) is 2.44. The minimum atomic E-state index is -0.294. The van der Waals surface area contributed by atoms with Crippen LogP contribution in [0.25, 0.3) is 0 Å². The molecule has 2 amide bonds. The Labute approximate surface area is 135 Å². The summed E-state index contributed by atoms with van der Waals surface area (Å²) in [7, 11) is 0. The Hall–Kier alpha value is -2.63. The van der Waals surface area contributed by atoms with Crippen LogP contribution >= 0.6 is 0 Å². The molecule has 0 aliphatic rings. The summed E-state index contributed by atoms with van der Waals surface area (Å²) >= 11 is 0. The Morgan fingerprint density at radius 1 is 1.22 bits per heavy atom. The number of carbonyl (C=O) groups is 2. The Kier molecular flexibility index (Phi) is 5.91. The minimum Gasteiger partial charge on any atom is -0.363 e. The second-order valence-electron chi connectivity index (χ2n) is 5.16. The van der Waals surface area contributed by atoms with Gasteiger partial charge in [-0.15, -0.1) is 0 Å². The number of hydrogen-bond acceptors (Lipinski definition) is 4. The Morgan fingerprint density at radius 3 is 2.52 bits per heavy atom. The van der Waals surface area contributed by atoms with Crippen LogP contribution in [-0.4, -0.2) is 35.0 Å². The van der Waals surface area contributed by atoms with E-state index >= 15 is 0 Å². The van der Waals surface area contributed by atoms with Crippen molar-refractivity contribution in [2.45, 2.75) is 26.2 Å². The summed E-state index contributed by atoms with van der Waals surface area (Å²) in [6, 6.07) is 11.2. The van der Waals surface area contributed by atoms with Crippen LogP contribution in [0.5, 0.6) is 0 Å². The molecule has 1 heterocycles. The molecule has 2 aromatic rings. The zero-order chi connectivity index (χ0) is 16.7. The first-order valence-electron chi connectivity index (χ1n) is 7.69. The van der Waals surface area contributed by atoms with Crippen LogP contribution in [0.4, 0.5) is 5.82 Å². The van der Waals surface area contributed by atoms with Crippen molar-refractivity contribution in [1.29, 1.82) is 0 Å². The molecule has 0 spiro atoms. The third kappa shape index (κ3) is 4.42. The van der Waals surface area contributed by atoms with E-state index < -0.39 is 0 Å². The van der Waals surface area contributed by atoms with Gasteiger partial charge < -0.3 is 14.7 Å². The Bertz CT molecular complexity index is 626. The number of rotatable bonds is 7. The summed E-state index contributed by atoms with van der Waals surface area (Å²) in [6.45, 7) is 4.29. The fourth-order valence-electron chi connectivity index (χ4n) is 2.44. The molecule has 122 valence electrons. The highest BCUT2D eigenvalue weighted by Gasteiger charge is 2.25. The number of likely N-dealkylation sites (N-methyl/N-ethyl adjacent to an activating group) is 1. The van der Waals surface area contributed by atoms with Gasteiger partial charge in [0, 0.05) is 12.6 Å². The van der Waals surface area contributed by atoms with Gasteiger partial charge in [-0.05, 0) is 18.9 Å². The topological polar surface area (TPSA) is 75.4 Å². The highest BCUT2D eigenvalue weighted by molar-refractivity contribution is 5.94. The lowest BCUT2D eigenvalue weighted by Gasteiger charge is -2.25. The van der Waals surface area contributed by atoms with Crippen LogP contribution in [0, 0.1) is 0 Å². The standard InChI is InChI=1S/C17H21N3O3/c1-3-14(13-8-6-5-7-9-13)17(22)20(4-2)12-16(21)18-15-10-11-23-19-15/h5-11,14H,3-4,12H2,1-2H3,(H,18,19,21). The van der Waals surface area contributed by atoms with Gasteiger partial charge in [-0.3, -0.25) is 9.59 Å². The summed E-state index contributed by atoms with van der Waals surface area (Å²) < 4.78 is 4.66. The molecule has 0 aliphatic heterocycles. The largest absolute Gasteiger partial charge is 0.363 e. The summed E-state index contributed by atoms with van der Waals surface area (Å²) in [4.78, 5) is 26.4. The van der Waals surface area contributed by atoms with E-state index in [4.69, 9.17) is 0 Å². The predicted octanol–water partition coefficient (Wildman–Crippen LogP) is 2.66. The number of nitrogens with one attached hydrogen (secondary N) is 1. The molecule has 1 N–H and O–H groups in total. The van der Waals surface area contributed by atoms with Crippen molar-refractivity contribution in [3.8, 4) is 0 Å². The van der Waals surface area contributed by atoms with E-state index in [1.807, 2.05) is 44.2 Å². The lowest BCUT2D eigenvalue weighted by molar-refractivity contribution is -0.135. The molecule has 0 fully saturated rings. The minimum absolute atomic E-state index is 0.00841. The SMILES string of the molecule is CCC(C(=O)N(CC)CC(=O)Nc1ccon1)c1ccccc1. The number of benzene rings is 1. The molecule has 0 radical (unpaired) electrons. The van der Waals surface area contributed by atoms with E-state index in [0.717, 1.165) is 5.56 Å². The van der Waals surface area contributed by atoms with Crippen LogP contribution in [0.2, 0.25) is 0 Å². The van der Waals surface area contributed by atoms with E-state index in [1.165, 1.54) is 6.26 Å². The molecule has 1 aromatic heterocycles. The highest BCUT2D eigenvalue weighted by Crippen LogP contribution is 2.22. The second-order valence-corrected chi connectivity index (χ2v) is 5.16. The van der Waals surface area contributed by atoms with Gasteiger partial charge in [-0.25, -0.2) is 0 Å². The van der Waals surface area contributed by atoms with E-state index in [1.54, 1.807) is 11.0 Å². The van der Waals surface area contributed by atoms with Crippen molar-refractivity contribution in [3.63, 3.8) is 0 Å². The van der Waals surface area contributed by atoms with Crippen LogP contribution < -0.4 is 5.32 Å². The molecular weight excluding hydrogens is 294 g/mol. The molecule has 0 bridgehead atoms. The normalized spacial score (nSPS) is 11.7. The summed E-state index contributed by atoms with van der Waals surface area (Å²) in [6.07, 6.45) is 2.06. The smallest absolute Gasteiger partial charge is 0.245 e. The fraction of sp³-hybridized carbons (Fsp3) is 0.353. The highest BCUT2D eigenvalue weighted by atomic mass is 16.5. The second kappa shape index (κ2) is 8.12. The van der Waals surface area contributed by atoms with Crippen LogP contribution in [0.1, 0.15) is 31.7 Å². The molecule has 2 rings (SSSR count). The summed E-state index contributed by atoms with van der Waals surface area (Å²) in [5.74, 6) is -0.238. The molecule has 0 aliphatic carbocycles. The van der Waals surface area contributed by atoms with Gasteiger partial charge in [-0.1, -0.05) is 42.4 Å². The third-order valence-corrected chi connectivity index (χ3v) is 3.64. The maximum absolute atomic E-state index is 12.8. The first-order valence-corrected chi connectivity index (χ1v) is 7.69. The average molecular weight is 315 g/mol. The number of amides is 2. The lowest BCUT2D eigenvalue weighted by atomic mass is 9.95. The number of nitrogens with zero attached hydrogens (tertiary/aromatic N) is 2. The zero-order valence-corrected chi connectivity index (χ0v) is 13.4. The van der Waals surface area contributed by atoms with Crippen molar-refractivity contribution >= 4 is 17.6 Å². The van der Waals surface area contributed by atoms with Crippen LogP contribution in [-0.2, 0) is 9.59 Å². The van der Waals surface area contributed by atoms with Crippen molar-refractivity contribution in [1.82, 2.24) is 10.1 Å². The molecule has 1 aromatic carbocycles. The molecule has 6 nitrogen and oxygen atoms in total. The van der Waals surface area contributed by atoms with E-state index in [9.17, 15) is 9.59 Å². The molecule has 1 atom stereocenters. The first kappa shape index (κ1) is 16.7. The molecule has 0 saturated carbocycles. The Morgan fingerprint density at radius 2 is 1.96 bits per heavy atom. The predicted molar refractivity (Wildman–Crippen MR) is 86.9 cm³/mol. The first-order chi connectivity index (χ1) is 11.2. The number of aromatic nitrogens is 1. The molecular formula is C17H21N3O3. The Balaban J connectivity index is 2.03.